The quantitative estimate of drug-likeness (QED) is 0.755. The van der Waals surface area contributed by atoms with Gasteiger partial charge in [0.1, 0.15) is 0 Å². The molecule has 0 radical (unpaired) electrons. The van der Waals surface area contributed by atoms with E-state index in [1.807, 2.05) is 40.9 Å². The van der Waals surface area contributed by atoms with Crippen molar-refractivity contribution in [3.63, 3.8) is 0 Å². The van der Waals surface area contributed by atoms with Crippen molar-refractivity contribution in [3.05, 3.63) is 54.1 Å². The van der Waals surface area contributed by atoms with E-state index in [2.05, 4.69) is 40.6 Å². The minimum atomic E-state index is 0.310. The molecule has 21 heavy (non-hydrogen) atoms. The fraction of sp³-hybridized carbons (Fsp3) is 0.375. The summed E-state index contributed by atoms with van der Waals surface area (Å²) in [6.45, 7) is 3.09. The third-order valence-corrected chi connectivity index (χ3v) is 3.89. The Morgan fingerprint density at radius 2 is 2.14 bits per heavy atom. The second kappa shape index (κ2) is 6.10. The average Bonchev–Trinajstić information content (AvgIpc) is 3.10. The Morgan fingerprint density at radius 1 is 1.24 bits per heavy atom. The molecular formula is C16H21N5. The normalized spacial score (nSPS) is 12.9. The van der Waals surface area contributed by atoms with Crippen LogP contribution in [0.3, 0.4) is 0 Å². The first-order chi connectivity index (χ1) is 10.3. The molecule has 3 aromatic rings. The molecule has 0 aliphatic carbocycles. The van der Waals surface area contributed by atoms with Crippen LogP contribution in [0.2, 0.25) is 0 Å². The molecule has 5 heteroatoms. The lowest BCUT2D eigenvalue weighted by Crippen LogP contribution is -2.21. The molecule has 0 saturated carbocycles. The number of nitrogens with zero attached hydrogens (tertiary/aromatic N) is 4. The SMILES string of the molecule is CCNC(CCc1ccnn1C)c1cnn2ccccc12. The number of pyridine rings is 1. The van der Waals surface area contributed by atoms with E-state index < -0.39 is 0 Å². The predicted octanol–water partition coefficient (Wildman–Crippen LogP) is 2.35. The number of hydrogen-bond donors (Lipinski definition) is 1. The van der Waals surface area contributed by atoms with Crippen LogP contribution in [0.4, 0.5) is 0 Å². The van der Waals surface area contributed by atoms with Gasteiger partial charge in [0, 0.05) is 36.7 Å². The van der Waals surface area contributed by atoms with Crippen molar-refractivity contribution < 1.29 is 0 Å². The van der Waals surface area contributed by atoms with Crippen molar-refractivity contribution in [2.75, 3.05) is 6.54 Å². The molecule has 0 saturated heterocycles. The second-order valence-corrected chi connectivity index (χ2v) is 5.23. The van der Waals surface area contributed by atoms with Gasteiger partial charge in [-0.3, -0.25) is 4.68 Å². The first-order valence-electron chi connectivity index (χ1n) is 7.42. The monoisotopic (exact) mass is 283 g/mol. The zero-order valence-electron chi connectivity index (χ0n) is 12.5. The van der Waals surface area contributed by atoms with Gasteiger partial charge in [-0.2, -0.15) is 10.2 Å². The molecule has 1 unspecified atom stereocenters. The molecule has 0 bridgehead atoms. The highest BCUT2D eigenvalue weighted by Crippen LogP contribution is 2.23. The van der Waals surface area contributed by atoms with Gasteiger partial charge in [0.2, 0.25) is 0 Å². The molecule has 3 rings (SSSR count). The Kier molecular flexibility index (Phi) is 4.01. The van der Waals surface area contributed by atoms with E-state index in [4.69, 9.17) is 0 Å². The minimum Gasteiger partial charge on any atom is -0.310 e. The molecule has 1 N–H and O–H groups in total. The molecule has 3 aromatic heterocycles. The molecule has 0 aliphatic heterocycles. The van der Waals surface area contributed by atoms with Crippen molar-refractivity contribution in [1.82, 2.24) is 24.7 Å². The lowest BCUT2D eigenvalue weighted by molar-refractivity contribution is 0.509. The highest BCUT2D eigenvalue weighted by molar-refractivity contribution is 5.54. The second-order valence-electron chi connectivity index (χ2n) is 5.23. The zero-order valence-corrected chi connectivity index (χ0v) is 12.5. The first-order valence-corrected chi connectivity index (χ1v) is 7.42. The third kappa shape index (κ3) is 2.83. The maximum absolute atomic E-state index is 4.44. The number of rotatable bonds is 6. The van der Waals surface area contributed by atoms with Crippen LogP contribution in [0, 0.1) is 0 Å². The number of nitrogens with one attached hydrogen (secondary N) is 1. The summed E-state index contributed by atoms with van der Waals surface area (Å²) >= 11 is 0. The van der Waals surface area contributed by atoms with Gasteiger partial charge in [-0.25, -0.2) is 4.52 Å². The van der Waals surface area contributed by atoms with Gasteiger partial charge >= 0.3 is 0 Å². The highest BCUT2D eigenvalue weighted by atomic mass is 15.3. The van der Waals surface area contributed by atoms with E-state index in [0.717, 1.165) is 19.4 Å². The van der Waals surface area contributed by atoms with E-state index in [1.54, 1.807) is 0 Å². The molecule has 0 fully saturated rings. The van der Waals surface area contributed by atoms with Gasteiger partial charge in [0.15, 0.2) is 0 Å². The summed E-state index contributed by atoms with van der Waals surface area (Å²) in [4.78, 5) is 0. The van der Waals surface area contributed by atoms with Gasteiger partial charge in [-0.1, -0.05) is 13.0 Å². The average molecular weight is 283 g/mol. The van der Waals surface area contributed by atoms with Gasteiger partial charge in [-0.15, -0.1) is 0 Å². The predicted molar refractivity (Wildman–Crippen MR) is 83.1 cm³/mol. The summed E-state index contributed by atoms with van der Waals surface area (Å²) in [5.41, 5.74) is 3.70. The molecule has 0 aliphatic rings. The van der Waals surface area contributed by atoms with Crippen LogP contribution >= 0.6 is 0 Å². The molecule has 0 amide bonds. The lowest BCUT2D eigenvalue weighted by atomic mass is 10.0. The van der Waals surface area contributed by atoms with Crippen LogP contribution in [0.25, 0.3) is 5.52 Å². The first kappa shape index (κ1) is 13.8. The van der Waals surface area contributed by atoms with Crippen LogP contribution < -0.4 is 5.32 Å². The van der Waals surface area contributed by atoms with E-state index in [-0.39, 0.29) is 0 Å². The van der Waals surface area contributed by atoms with Crippen LogP contribution in [-0.4, -0.2) is 25.9 Å². The Hall–Kier alpha value is -2.14. The summed E-state index contributed by atoms with van der Waals surface area (Å²) < 4.78 is 3.88. The summed E-state index contributed by atoms with van der Waals surface area (Å²) in [5, 5.41) is 12.3. The van der Waals surface area contributed by atoms with Gasteiger partial charge < -0.3 is 5.32 Å². The van der Waals surface area contributed by atoms with Gasteiger partial charge in [0.25, 0.3) is 0 Å². The third-order valence-electron chi connectivity index (χ3n) is 3.89. The summed E-state index contributed by atoms with van der Waals surface area (Å²) in [7, 11) is 1.99. The molecule has 110 valence electrons. The number of hydrogen-bond acceptors (Lipinski definition) is 3. The minimum absolute atomic E-state index is 0.310. The summed E-state index contributed by atoms with van der Waals surface area (Å²) in [6, 6.07) is 8.58. The van der Waals surface area contributed by atoms with Crippen molar-refractivity contribution in [2.45, 2.75) is 25.8 Å². The van der Waals surface area contributed by atoms with Crippen LogP contribution in [-0.2, 0) is 13.5 Å². The van der Waals surface area contributed by atoms with E-state index in [9.17, 15) is 0 Å². The van der Waals surface area contributed by atoms with Crippen molar-refractivity contribution in [2.24, 2.45) is 7.05 Å². The molecule has 5 nitrogen and oxygen atoms in total. The fourth-order valence-electron chi connectivity index (χ4n) is 2.78. The van der Waals surface area contributed by atoms with E-state index in [1.165, 1.54) is 16.8 Å². The number of fused-ring (bicyclic) bond motifs is 1. The van der Waals surface area contributed by atoms with Gasteiger partial charge in [-0.05, 0) is 37.6 Å². The standard InChI is InChI=1S/C16H21N5/c1-3-17-15(8-7-13-9-10-18-20(13)2)14-12-19-21-11-5-4-6-16(14)21/h4-6,9-12,15,17H,3,7-8H2,1-2H3. The Bertz CT molecular complexity index is 712. The topological polar surface area (TPSA) is 47.2 Å². The van der Waals surface area contributed by atoms with Crippen molar-refractivity contribution in [1.29, 1.82) is 0 Å². The van der Waals surface area contributed by atoms with E-state index >= 15 is 0 Å². The number of aromatic nitrogens is 4. The van der Waals surface area contributed by atoms with E-state index in [0.29, 0.717) is 6.04 Å². The maximum atomic E-state index is 4.44. The lowest BCUT2D eigenvalue weighted by Gasteiger charge is -2.17. The molecule has 1 atom stereocenters. The van der Waals surface area contributed by atoms with Crippen molar-refractivity contribution >= 4 is 5.52 Å². The molecule has 3 heterocycles. The maximum Gasteiger partial charge on any atom is 0.0709 e. The van der Waals surface area contributed by atoms with Crippen LogP contribution in [0.5, 0.6) is 0 Å². The fourth-order valence-corrected chi connectivity index (χ4v) is 2.78. The molecular weight excluding hydrogens is 262 g/mol. The number of aryl methyl sites for hydroxylation is 2. The Balaban J connectivity index is 1.82. The molecule has 0 aromatic carbocycles. The largest absolute Gasteiger partial charge is 0.310 e. The Labute approximate surface area is 124 Å². The Morgan fingerprint density at radius 3 is 2.90 bits per heavy atom. The van der Waals surface area contributed by atoms with Crippen LogP contribution in [0.1, 0.15) is 30.6 Å². The van der Waals surface area contributed by atoms with Crippen molar-refractivity contribution in [3.8, 4) is 0 Å². The highest BCUT2D eigenvalue weighted by Gasteiger charge is 2.16. The molecule has 0 spiro atoms. The smallest absolute Gasteiger partial charge is 0.0709 e. The summed E-state index contributed by atoms with van der Waals surface area (Å²) in [5.74, 6) is 0. The zero-order chi connectivity index (χ0) is 14.7. The van der Waals surface area contributed by atoms with Gasteiger partial charge in [0.05, 0.1) is 11.7 Å². The van der Waals surface area contributed by atoms with Crippen LogP contribution in [0.15, 0.2) is 42.9 Å². The summed E-state index contributed by atoms with van der Waals surface area (Å²) in [6.07, 6.45) is 7.85.